The number of rotatable bonds is 11. The van der Waals surface area contributed by atoms with Crippen LogP contribution in [0, 0.1) is 0 Å². The lowest BCUT2D eigenvalue weighted by molar-refractivity contribution is -0.145. The highest BCUT2D eigenvalue weighted by molar-refractivity contribution is 6.76. The smallest absolute Gasteiger partial charge is 0.308 e. The summed E-state index contributed by atoms with van der Waals surface area (Å²) in [6.07, 6.45) is 3.50. The van der Waals surface area contributed by atoms with Gasteiger partial charge in [0.2, 0.25) is 3.79 Å². The molecule has 0 fully saturated rings. The van der Waals surface area contributed by atoms with Crippen molar-refractivity contribution >= 4 is 54.8 Å². The van der Waals surface area contributed by atoms with E-state index in [2.05, 4.69) is 19.6 Å². The number of ether oxygens (including phenoxy) is 2. The topological polar surface area (TPSA) is 72.8 Å². The van der Waals surface area contributed by atoms with E-state index >= 15 is 0 Å². The van der Waals surface area contributed by atoms with Crippen molar-refractivity contribution in [2.24, 2.45) is 0 Å². The minimum absolute atomic E-state index is 0.0403. The Kier molecular flexibility index (Phi) is 12.0. The summed E-state index contributed by atoms with van der Waals surface area (Å²) >= 11 is 16.4. The van der Waals surface area contributed by atoms with Crippen LogP contribution in [-0.2, 0) is 19.1 Å². The number of halogens is 3. The van der Waals surface area contributed by atoms with Crippen molar-refractivity contribution in [3.05, 3.63) is 12.2 Å². The van der Waals surface area contributed by atoms with Crippen LogP contribution in [-0.4, -0.2) is 48.2 Å². The lowest BCUT2D eigenvalue weighted by Crippen LogP contribution is -2.23. The van der Waals surface area contributed by atoms with Crippen molar-refractivity contribution in [1.29, 1.82) is 0 Å². The monoisotopic (exact) mass is 432 g/mol. The van der Waals surface area contributed by atoms with Crippen LogP contribution in [0.15, 0.2) is 12.2 Å². The Labute approximate surface area is 165 Å². The minimum Gasteiger partial charge on any atom is -0.466 e. The highest BCUT2D eigenvalue weighted by atomic mass is 35.6. The van der Waals surface area contributed by atoms with Gasteiger partial charge in [-0.05, 0) is 18.9 Å². The number of hydrogen-bond acceptors (Lipinski definition) is 5. The van der Waals surface area contributed by atoms with Gasteiger partial charge in [0.05, 0.1) is 19.1 Å². The maximum atomic E-state index is 11.6. The Morgan fingerprint density at radius 1 is 1.12 bits per heavy atom. The van der Waals surface area contributed by atoms with E-state index in [0.717, 1.165) is 6.04 Å². The highest BCUT2D eigenvalue weighted by Crippen LogP contribution is 2.26. The molecule has 0 saturated carbocycles. The first-order valence-electron chi connectivity index (χ1n) is 8.10. The fourth-order valence-corrected chi connectivity index (χ4v) is 2.49. The molecule has 0 rings (SSSR count). The summed E-state index contributed by atoms with van der Waals surface area (Å²) in [6, 6.07) is 0.906. The average Bonchev–Trinajstić information content (AvgIpc) is 2.42. The summed E-state index contributed by atoms with van der Waals surface area (Å²) in [5.41, 5.74) is 0. The first-order valence-corrected chi connectivity index (χ1v) is 12.9. The van der Waals surface area contributed by atoms with E-state index in [9.17, 15) is 14.7 Å². The van der Waals surface area contributed by atoms with Gasteiger partial charge >= 0.3 is 11.9 Å². The summed E-state index contributed by atoms with van der Waals surface area (Å²) < 4.78 is 8.28. The van der Waals surface area contributed by atoms with Crippen LogP contribution in [0.4, 0.5) is 0 Å². The maximum absolute atomic E-state index is 11.6. The van der Waals surface area contributed by atoms with Gasteiger partial charge in [-0.2, -0.15) is 0 Å². The summed E-state index contributed by atoms with van der Waals surface area (Å²) in [5.74, 6) is -0.864. The molecule has 0 aliphatic rings. The summed E-state index contributed by atoms with van der Waals surface area (Å²) in [4.78, 5) is 22.9. The van der Waals surface area contributed by atoms with Crippen molar-refractivity contribution < 1.29 is 24.2 Å². The molecule has 0 aromatic heterocycles. The van der Waals surface area contributed by atoms with Gasteiger partial charge in [-0.15, -0.1) is 0 Å². The average molecular weight is 434 g/mol. The van der Waals surface area contributed by atoms with Gasteiger partial charge in [0, 0.05) is 14.5 Å². The van der Waals surface area contributed by atoms with Crippen LogP contribution >= 0.6 is 34.8 Å². The number of carbonyl (C=O) groups is 2. The van der Waals surface area contributed by atoms with E-state index in [1.807, 2.05) is 0 Å². The Morgan fingerprint density at radius 2 is 1.76 bits per heavy atom. The molecule has 0 radical (unpaired) electrons. The molecule has 0 amide bonds. The zero-order valence-corrected chi connectivity index (χ0v) is 18.2. The molecule has 0 aromatic carbocycles. The second-order valence-corrected chi connectivity index (χ2v) is 15.0. The summed E-state index contributed by atoms with van der Waals surface area (Å²) in [7, 11) is -1.23. The molecule has 9 heteroatoms. The largest absolute Gasteiger partial charge is 0.466 e. The van der Waals surface area contributed by atoms with Gasteiger partial charge < -0.3 is 14.6 Å². The molecule has 0 aliphatic carbocycles. The first-order chi connectivity index (χ1) is 11.4. The maximum Gasteiger partial charge on any atom is 0.308 e. The molecule has 146 valence electrons. The van der Waals surface area contributed by atoms with Gasteiger partial charge in [-0.3, -0.25) is 9.59 Å². The fraction of sp³-hybridized carbons (Fsp3) is 0.750. The van der Waals surface area contributed by atoms with Crippen LogP contribution in [0.3, 0.4) is 0 Å². The lowest BCUT2D eigenvalue weighted by atomic mass is 10.1. The Morgan fingerprint density at radius 3 is 2.32 bits per heavy atom. The molecule has 0 aromatic rings. The third-order valence-electron chi connectivity index (χ3n) is 3.00. The standard InChI is InChI=1S/C16H27Cl3O5Si/c1-25(2,3)10-9-23-15(22)11-13(20)7-5-4-6-8-14(21)24-12-16(17,18)19/h4-5,13,20H,6-12H2,1-3H3. The van der Waals surface area contributed by atoms with Crippen LogP contribution in [0.5, 0.6) is 0 Å². The number of aliphatic hydroxyl groups excluding tert-OH is 1. The number of aliphatic hydroxyl groups is 1. The Balaban J connectivity index is 3.80. The van der Waals surface area contributed by atoms with Crippen LogP contribution in [0.25, 0.3) is 0 Å². The molecule has 1 unspecified atom stereocenters. The first kappa shape index (κ1) is 24.7. The summed E-state index contributed by atoms with van der Waals surface area (Å²) in [5, 5.41) is 9.78. The normalized spacial score (nSPS) is 13.7. The van der Waals surface area contributed by atoms with Crippen molar-refractivity contribution in [1.82, 2.24) is 0 Å². The molecule has 0 saturated heterocycles. The van der Waals surface area contributed by atoms with Gasteiger partial charge in [0.1, 0.15) is 6.61 Å². The Hall–Kier alpha value is -0.273. The van der Waals surface area contributed by atoms with E-state index in [-0.39, 0.29) is 19.4 Å². The molecule has 1 N–H and O–H groups in total. The Bertz CT molecular complexity index is 444. The SMILES string of the molecule is C[Si](C)(C)CCOC(=O)CC(O)CC=CCCC(=O)OCC(Cl)(Cl)Cl. The molecule has 1 atom stereocenters. The summed E-state index contributed by atoms with van der Waals surface area (Å²) in [6.45, 7) is 6.72. The molecule has 0 spiro atoms. The van der Waals surface area contributed by atoms with Crippen molar-refractivity contribution in [2.75, 3.05) is 13.2 Å². The highest BCUT2D eigenvalue weighted by Gasteiger charge is 2.21. The predicted octanol–water partition coefficient (Wildman–Crippen LogP) is 4.26. The van der Waals surface area contributed by atoms with Gasteiger partial charge in [0.15, 0.2) is 0 Å². The van der Waals surface area contributed by atoms with E-state index in [1.54, 1.807) is 12.2 Å². The number of hydrogen-bond donors (Lipinski definition) is 1. The van der Waals surface area contributed by atoms with Crippen molar-refractivity contribution in [3.8, 4) is 0 Å². The molecular weight excluding hydrogens is 407 g/mol. The van der Waals surface area contributed by atoms with Gasteiger partial charge in [0.25, 0.3) is 0 Å². The molecule has 0 bridgehead atoms. The molecule has 5 nitrogen and oxygen atoms in total. The lowest BCUT2D eigenvalue weighted by Gasteiger charge is -2.15. The van der Waals surface area contributed by atoms with Crippen molar-refractivity contribution in [2.45, 2.75) is 61.3 Å². The third-order valence-corrected chi connectivity index (χ3v) is 5.04. The van der Waals surface area contributed by atoms with E-state index < -0.39 is 29.9 Å². The minimum atomic E-state index is -1.61. The van der Waals surface area contributed by atoms with E-state index in [0.29, 0.717) is 19.4 Å². The van der Waals surface area contributed by atoms with Crippen LogP contribution in [0.2, 0.25) is 25.7 Å². The zero-order chi connectivity index (χ0) is 19.5. The molecule has 0 aliphatic heterocycles. The molecule has 25 heavy (non-hydrogen) atoms. The number of esters is 2. The second kappa shape index (κ2) is 12.2. The van der Waals surface area contributed by atoms with E-state index in [1.165, 1.54) is 0 Å². The predicted molar refractivity (Wildman–Crippen MR) is 104 cm³/mol. The van der Waals surface area contributed by atoms with Gasteiger partial charge in [-0.1, -0.05) is 66.6 Å². The quantitative estimate of drug-likeness (QED) is 0.228. The number of alkyl halides is 3. The van der Waals surface area contributed by atoms with Crippen molar-refractivity contribution in [3.63, 3.8) is 0 Å². The molecule has 0 heterocycles. The third kappa shape index (κ3) is 18.3. The van der Waals surface area contributed by atoms with Crippen LogP contribution < -0.4 is 0 Å². The zero-order valence-electron chi connectivity index (χ0n) is 14.9. The number of carbonyl (C=O) groups excluding carboxylic acids is 2. The second-order valence-electron chi connectivity index (χ2n) is 6.91. The van der Waals surface area contributed by atoms with Crippen LogP contribution in [0.1, 0.15) is 25.7 Å². The van der Waals surface area contributed by atoms with Gasteiger partial charge in [-0.25, -0.2) is 0 Å². The van der Waals surface area contributed by atoms with E-state index in [4.69, 9.17) is 44.3 Å². The number of allylic oxidation sites excluding steroid dienone is 1. The fourth-order valence-electron chi connectivity index (χ4n) is 1.61. The molecular formula is C16H27Cl3O5Si.